The third kappa shape index (κ3) is 2.12. The van der Waals surface area contributed by atoms with E-state index in [9.17, 15) is 5.26 Å². The summed E-state index contributed by atoms with van der Waals surface area (Å²) in [5.41, 5.74) is 7.03. The number of aryl methyl sites for hydroxylation is 2. The Kier molecular flexibility index (Phi) is 3.31. The Morgan fingerprint density at radius 1 is 1.65 bits per heavy atom. The van der Waals surface area contributed by atoms with Gasteiger partial charge in [-0.25, -0.2) is 0 Å². The molecule has 1 aromatic rings. The highest BCUT2D eigenvalue weighted by Gasteiger charge is 2.25. The van der Waals surface area contributed by atoms with Crippen LogP contribution in [-0.2, 0) is 11.8 Å². The summed E-state index contributed by atoms with van der Waals surface area (Å²) in [5.74, 6) is 0.867. The molecule has 2 N–H and O–H groups in total. The van der Waals surface area contributed by atoms with Crippen molar-refractivity contribution in [3.8, 4) is 6.07 Å². The summed E-state index contributed by atoms with van der Waals surface area (Å²) in [7, 11) is 1.86. The molecule has 6 heteroatoms. The van der Waals surface area contributed by atoms with Crippen LogP contribution in [0.25, 0.3) is 0 Å². The number of hydrogen-bond donors (Lipinski definition) is 1. The van der Waals surface area contributed by atoms with Gasteiger partial charge in [-0.05, 0) is 6.92 Å². The number of rotatable bonds is 2. The minimum atomic E-state index is 0.0329. The fraction of sp³-hybridized carbons (Fsp3) is 0.636. The molecular formula is C11H17N5O. The summed E-state index contributed by atoms with van der Waals surface area (Å²) in [4.78, 5) is 2.12. The minimum absolute atomic E-state index is 0.0329. The molecule has 0 aliphatic carbocycles. The molecule has 1 saturated heterocycles. The average molecular weight is 235 g/mol. The number of morpholine rings is 1. The lowest BCUT2D eigenvalue weighted by Gasteiger charge is -2.33. The molecule has 0 saturated carbocycles. The molecule has 2 rings (SSSR count). The first-order valence-electron chi connectivity index (χ1n) is 5.67. The normalized spacial score (nSPS) is 20.4. The topological polar surface area (TPSA) is 80.1 Å². The Hall–Kier alpha value is -1.58. The van der Waals surface area contributed by atoms with Crippen molar-refractivity contribution < 1.29 is 4.74 Å². The molecule has 0 radical (unpaired) electrons. The first-order valence-corrected chi connectivity index (χ1v) is 5.67. The van der Waals surface area contributed by atoms with Gasteiger partial charge < -0.3 is 15.4 Å². The summed E-state index contributed by atoms with van der Waals surface area (Å²) in [6, 6.07) is 2.22. The molecule has 1 unspecified atom stereocenters. The summed E-state index contributed by atoms with van der Waals surface area (Å²) >= 11 is 0. The Morgan fingerprint density at radius 3 is 3.06 bits per heavy atom. The highest BCUT2D eigenvalue weighted by molar-refractivity contribution is 5.57. The third-order valence-electron chi connectivity index (χ3n) is 3.00. The number of nitrogens with two attached hydrogens (primary N) is 1. The number of nitriles is 1. The van der Waals surface area contributed by atoms with E-state index in [0.29, 0.717) is 25.3 Å². The largest absolute Gasteiger partial charge is 0.373 e. The first-order chi connectivity index (χ1) is 8.17. The second-order valence-electron chi connectivity index (χ2n) is 4.19. The maximum absolute atomic E-state index is 9.18. The summed E-state index contributed by atoms with van der Waals surface area (Å²) in [5, 5.41) is 13.5. The highest BCUT2D eigenvalue weighted by atomic mass is 16.5. The number of ether oxygens (including phenoxy) is 1. The van der Waals surface area contributed by atoms with Gasteiger partial charge in [-0.2, -0.15) is 10.4 Å². The van der Waals surface area contributed by atoms with E-state index in [-0.39, 0.29) is 6.10 Å². The first kappa shape index (κ1) is 11.9. The predicted molar refractivity (Wildman–Crippen MR) is 63.7 cm³/mol. The quantitative estimate of drug-likeness (QED) is 0.765. The highest BCUT2D eigenvalue weighted by Crippen LogP contribution is 2.23. The lowest BCUT2D eigenvalue weighted by molar-refractivity contribution is 0.0460. The summed E-state index contributed by atoms with van der Waals surface area (Å²) < 4.78 is 7.28. The van der Waals surface area contributed by atoms with E-state index in [4.69, 9.17) is 10.5 Å². The number of hydrogen-bond acceptors (Lipinski definition) is 5. The lowest BCUT2D eigenvalue weighted by Crippen LogP contribution is -2.46. The van der Waals surface area contributed by atoms with Gasteiger partial charge in [0.1, 0.15) is 17.5 Å². The van der Waals surface area contributed by atoms with Crippen LogP contribution in [0.15, 0.2) is 0 Å². The molecule has 1 fully saturated rings. The number of nitrogens with zero attached hydrogens (tertiary/aromatic N) is 4. The molecule has 1 aliphatic rings. The van der Waals surface area contributed by atoms with Gasteiger partial charge >= 0.3 is 0 Å². The molecule has 1 aromatic heterocycles. The second kappa shape index (κ2) is 4.73. The van der Waals surface area contributed by atoms with Gasteiger partial charge in [0.15, 0.2) is 0 Å². The van der Waals surface area contributed by atoms with Gasteiger partial charge in [0.25, 0.3) is 0 Å². The van der Waals surface area contributed by atoms with Crippen LogP contribution >= 0.6 is 0 Å². The van der Waals surface area contributed by atoms with Crippen molar-refractivity contribution in [1.29, 1.82) is 5.26 Å². The van der Waals surface area contributed by atoms with Crippen molar-refractivity contribution in [3.63, 3.8) is 0 Å². The van der Waals surface area contributed by atoms with E-state index in [2.05, 4.69) is 16.1 Å². The SMILES string of the molecule is Cc1nn(C)c(N2CCOC(CN)C2)c1C#N. The molecule has 0 aromatic carbocycles. The van der Waals surface area contributed by atoms with Crippen LogP contribution in [0.3, 0.4) is 0 Å². The Morgan fingerprint density at radius 2 is 2.41 bits per heavy atom. The van der Waals surface area contributed by atoms with Crippen molar-refractivity contribution in [2.24, 2.45) is 12.8 Å². The van der Waals surface area contributed by atoms with Gasteiger partial charge in [0.05, 0.1) is 18.4 Å². The zero-order valence-electron chi connectivity index (χ0n) is 10.2. The average Bonchev–Trinajstić information content (AvgIpc) is 2.63. The summed E-state index contributed by atoms with van der Waals surface area (Å²) in [6.07, 6.45) is 0.0329. The van der Waals surface area contributed by atoms with Crippen molar-refractivity contribution in [2.75, 3.05) is 31.1 Å². The van der Waals surface area contributed by atoms with Crippen LogP contribution < -0.4 is 10.6 Å². The number of aromatic nitrogens is 2. The Labute approximate surface area is 101 Å². The van der Waals surface area contributed by atoms with E-state index in [1.807, 2.05) is 14.0 Å². The molecule has 0 amide bonds. The molecule has 0 spiro atoms. The summed E-state index contributed by atoms with van der Waals surface area (Å²) in [6.45, 7) is 4.46. The van der Waals surface area contributed by atoms with Crippen LogP contribution in [0.2, 0.25) is 0 Å². The molecule has 6 nitrogen and oxygen atoms in total. The van der Waals surface area contributed by atoms with Crippen LogP contribution in [0.1, 0.15) is 11.3 Å². The van der Waals surface area contributed by atoms with Crippen molar-refractivity contribution in [3.05, 3.63) is 11.3 Å². The van der Waals surface area contributed by atoms with Crippen molar-refractivity contribution in [2.45, 2.75) is 13.0 Å². The van der Waals surface area contributed by atoms with E-state index in [0.717, 1.165) is 18.1 Å². The Balaban J connectivity index is 2.30. The lowest BCUT2D eigenvalue weighted by atomic mass is 10.2. The van der Waals surface area contributed by atoms with Gasteiger partial charge in [0.2, 0.25) is 0 Å². The van der Waals surface area contributed by atoms with Gasteiger partial charge in [-0.3, -0.25) is 4.68 Å². The van der Waals surface area contributed by atoms with E-state index in [1.165, 1.54) is 0 Å². The molecule has 0 bridgehead atoms. The standard InChI is InChI=1S/C11H17N5O/c1-8-10(6-13)11(15(2)14-8)16-3-4-17-9(5-12)7-16/h9H,3-5,7,12H2,1-2H3. The second-order valence-corrected chi connectivity index (χ2v) is 4.19. The zero-order chi connectivity index (χ0) is 12.4. The van der Waals surface area contributed by atoms with Crippen LogP contribution in [-0.4, -0.2) is 42.1 Å². The zero-order valence-corrected chi connectivity index (χ0v) is 10.2. The fourth-order valence-electron chi connectivity index (χ4n) is 2.19. The van der Waals surface area contributed by atoms with Crippen molar-refractivity contribution >= 4 is 5.82 Å². The minimum Gasteiger partial charge on any atom is -0.373 e. The smallest absolute Gasteiger partial charge is 0.145 e. The fourth-order valence-corrected chi connectivity index (χ4v) is 2.19. The monoisotopic (exact) mass is 235 g/mol. The molecule has 92 valence electrons. The van der Waals surface area contributed by atoms with Crippen LogP contribution in [0.4, 0.5) is 5.82 Å². The maximum Gasteiger partial charge on any atom is 0.145 e. The van der Waals surface area contributed by atoms with Crippen LogP contribution in [0.5, 0.6) is 0 Å². The molecule has 2 heterocycles. The molecule has 1 aliphatic heterocycles. The van der Waals surface area contributed by atoms with E-state index < -0.39 is 0 Å². The van der Waals surface area contributed by atoms with E-state index >= 15 is 0 Å². The van der Waals surface area contributed by atoms with Gasteiger partial charge in [-0.1, -0.05) is 0 Å². The Bertz CT molecular complexity index is 447. The van der Waals surface area contributed by atoms with Gasteiger partial charge in [0, 0.05) is 26.7 Å². The van der Waals surface area contributed by atoms with Crippen molar-refractivity contribution in [1.82, 2.24) is 9.78 Å². The molecular weight excluding hydrogens is 218 g/mol. The van der Waals surface area contributed by atoms with Gasteiger partial charge in [-0.15, -0.1) is 0 Å². The van der Waals surface area contributed by atoms with Crippen LogP contribution in [0, 0.1) is 18.3 Å². The maximum atomic E-state index is 9.18. The third-order valence-corrected chi connectivity index (χ3v) is 3.00. The molecule has 17 heavy (non-hydrogen) atoms. The molecule has 1 atom stereocenters. The number of anilines is 1. The van der Waals surface area contributed by atoms with E-state index in [1.54, 1.807) is 4.68 Å². The predicted octanol–water partition coefficient (Wildman–Crippen LogP) is -0.236.